The van der Waals surface area contributed by atoms with Gasteiger partial charge in [0.05, 0.1) is 18.3 Å². The average Bonchev–Trinajstić information content (AvgIpc) is 2.53. The molecule has 110 valence electrons. The van der Waals surface area contributed by atoms with Crippen LogP contribution in [-0.4, -0.2) is 33.6 Å². The van der Waals surface area contributed by atoms with Crippen LogP contribution in [0.3, 0.4) is 0 Å². The van der Waals surface area contributed by atoms with Crippen LogP contribution in [0.15, 0.2) is 60.7 Å². The van der Waals surface area contributed by atoms with E-state index in [1.807, 2.05) is 60.7 Å². The highest BCUT2D eigenvalue weighted by atomic mass is 16.3. The Labute approximate surface area is 124 Å². The van der Waals surface area contributed by atoms with Crippen molar-refractivity contribution in [2.75, 3.05) is 0 Å². The number of aliphatic hydroxyl groups excluding tert-OH is 3. The van der Waals surface area contributed by atoms with Crippen LogP contribution in [-0.2, 0) is 0 Å². The molecule has 0 radical (unpaired) electrons. The predicted octanol–water partition coefficient (Wildman–Crippen LogP) is 2.04. The zero-order valence-electron chi connectivity index (χ0n) is 11.7. The fourth-order valence-corrected chi connectivity index (χ4v) is 3.35. The van der Waals surface area contributed by atoms with Crippen LogP contribution in [0.2, 0.25) is 0 Å². The second-order valence-electron chi connectivity index (χ2n) is 5.74. The molecule has 21 heavy (non-hydrogen) atoms. The summed E-state index contributed by atoms with van der Waals surface area (Å²) in [6.45, 7) is 0. The lowest BCUT2D eigenvalue weighted by atomic mass is 9.71. The second kappa shape index (κ2) is 5.98. The summed E-state index contributed by atoms with van der Waals surface area (Å²) in [5.74, 6) is -0.683. The lowest BCUT2D eigenvalue weighted by molar-refractivity contribution is -0.0799. The van der Waals surface area contributed by atoms with Crippen molar-refractivity contribution >= 4 is 0 Å². The molecule has 3 nitrogen and oxygen atoms in total. The van der Waals surface area contributed by atoms with Gasteiger partial charge in [-0.3, -0.25) is 0 Å². The molecular formula is C18H20O3. The largest absolute Gasteiger partial charge is 0.392 e. The number of hydrogen-bond donors (Lipinski definition) is 3. The summed E-state index contributed by atoms with van der Waals surface area (Å²) in [7, 11) is 0. The number of aliphatic hydroxyl groups is 3. The monoisotopic (exact) mass is 284 g/mol. The van der Waals surface area contributed by atoms with Crippen LogP contribution in [0.4, 0.5) is 0 Å². The van der Waals surface area contributed by atoms with Crippen LogP contribution in [0, 0.1) is 0 Å². The van der Waals surface area contributed by atoms with Gasteiger partial charge in [-0.1, -0.05) is 60.7 Å². The SMILES string of the molecule is O[C@@H]1[C@H](O)[C@@H](c2ccccc2)C[C@@H](O)[C@@H]1c1ccccc1. The molecule has 0 amide bonds. The van der Waals surface area contributed by atoms with E-state index in [0.717, 1.165) is 11.1 Å². The highest BCUT2D eigenvalue weighted by Crippen LogP contribution is 2.41. The van der Waals surface area contributed by atoms with Gasteiger partial charge < -0.3 is 15.3 Å². The minimum Gasteiger partial charge on any atom is -0.392 e. The van der Waals surface area contributed by atoms with E-state index in [-0.39, 0.29) is 5.92 Å². The highest BCUT2D eigenvalue weighted by molar-refractivity contribution is 5.28. The second-order valence-corrected chi connectivity index (χ2v) is 5.74. The van der Waals surface area contributed by atoms with E-state index in [1.54, 1.807) is 0 Å². The first kappa shape index (κ1) is 14.3. The Bertz CT molecular complexity index is 570. The molecule has 1 aliphatic rings. The van der Waals surface area contributed by atoms with Gasteiger partial charge in [-0.15, -0.1) is 0 Å². The fourth-order valence-electron chi connectivity index (χ4n) is 3.35. The van der Waals surface area contributed by atoms with Gasteiger partial charge in [-0.2, -0.15) is 0 Å². The first-order valence-corrected chi connectivity index (χ1v) is 7.32. The molecule has 3 heteroatoms. The minimum atomic E-state index is -0.971. The molecule has 1 aliphatic carbocycles. The zero-order chi connectivity index (χ0) is 14.8. The van der Waals surface area contributed by atoms with E-state index >= 15 is 0 Å². The van der Waals surface area contributed by atoms with Gasteiger partial charge in [0.15, 0.2) is 0 Å². The maximum absolute atomic E-state index is 10.5. The first-order valence-electron chi connectivity index (χ1n) is 7.32. The highest BCUT2D eigenvalue weighted by Gasteiger charge is 2.43. The Hall–Kier alpha value is -1.68. The third-order valence-corrected chi connectivity index (χ3v) is 4.45. The van der Waals surface area contributed by atoms with Crippen molar-refractivity contribution in [1.29, 1.82) is 0 Å². The molecule has 3 rings (SSSR count). The molecule has 0 bridgehead atoms. The molecule has 0 spiro atoms. The maximum Gasteiger partial charge on any atom is 0.0898 e. The summed E-state index contributed by atoms with van der Waals surface area (Å²) in [5.41, 5.74) is 1.82. The van der Waals surface area contributed by atoms with Crippen molar-refractivity contribution in [1.82, 2.24) is 0 Å². The number of rotatable bonds is 2. The van der Waals surface area contributed by atoms with Gasteiger partial charge >= 0.3 is 0 Å². The molecule has 2 aromatic carbocycles. The normalized spacial score (nSPS) is 32.8. The molecule has 0 aliphatic heterocycles. The van der Waals surface area contributed by atoms with Gasteiger partial charge in [0, 0.05) is 11.8 Å². The molecule has 1 saturated carbocycles. The van der Waals surface area contributed by atoms with E-state index in [1.165, 1.54) is 0 Å². The van der Waals surface area contributed by atoms with E-state index in [0.29, 0.717) is 6.42 Å². The smallest absolute Gasteiger partial charge is 0.0898 e. The molecule has 3 N–H and O–H groups in total. The molecule has 2 aromatic rings. The van der Waals surface area contributed by atoms with Crippen molar-refractivity contribution < 1.29 is 15.3 Å². The van der Waals surface area contributed by atoms with Crippen molar-refractivity contribution in [3.05, 3.63) is 71.8 Å². The predicted molar refractivity (Wildman–Crippen MR) is 81.0 cm³/mol. The third-order valence-electron chi connectivity index (χ3n) is 4.45. The summed E-state index contributed by atoms with van der Waals surface area (Å²) >= 11 is 0. The van der Waals surface area contributed by atoms with Gasteiger partial charge in [0.1, 0.15) is 0 Å². The van der Waals surface area contributed by atoms with Gasteiger partial charge in [-0.25, -0.2) is 0 Å². The van der Waals surface area contributed by atoms with Crippen LogP contribution in [0.25, 0.3) is 0 Å². The van der Waals surface area contributed by atoms with Crippen LogP contribution in [0.5, 0.6) is 0 Å². The van der Waals surface area contributed by atoms with Crippen molar-refractivity contribution in [2.24, 2.45) is 0 Å². The summed E-state index contributed by atoms with van der Waals surface area (Å²) < 4.78 is 0. The molecule has 1 fully saturated rings. The molecule has 0 saturated heterocycles. The molecule has 5 atom stereocenters. The van der Waals surface area contributed by atoms with Crippen LogP contribution in [0.1, 0.15) is 29.4 Å². The van der Waals surface area contributed by atoms with Gasteiger partial charge in [0.25, 0.3) is 0 Å². The minimum absolute atomic E-state index is 0.240. The summed E-state index contributed by atoms with van der Waals surface area (Å²) in [6.07, 6.45) is -2.07. The van der Waals surface area contributed by atoms with E-state index in [9.17, 15) is 15.3 Å². The topological polar surface area (TPSA) is 60.7 Å². The Morgan fingerprint density at radius 2 is 1.19 bits per heavy atom. The van der Waals surface area contributed by atoms with E-state index in [4.69, 9.17) is 0 Å². The lowest BCUT2D eigenvalue weighted by Crippen LogP contribution is -2.47. The number of hydrogen-bond acceptors (Lipinski definition) is 3. The molecule has 0 aromatic heterocycles. The molecule has 0 heterocycles. The zero-order valence-corrected chi connectivity index (χ0v) is 11.7. The van der Waals surface area contributed by atoms with Crippen LogP contribution < -0.4 is 0 Å². The fraction of sp³-hybridized carbons (Fsp3) is 0.333. The lowest BCUT2D eigenvalue weighted by Gasteiger charge is -2.41. The van der Waals surface area contributed by atoms with Crippen LogP contribution >= 0.6 is 0 Å². The van der Waals surface area contributed by atoms with Crippen molar-refractivity contribution in [3.8, 4) is 0 Å². The van der Waals surface area contributed by atoms with Gasteiger partial charge in [-0.05, 0) is 17.5 Å². The Morgan fingerprint density at radius 3 is 1.76 bits per heavy atom. The average molecular weight is 284 g/mol. The van der Waals surface area contributed by atoms with Gasteiger partial charge in [0.2, 0.25) is 0 Å². The molecular weight excluding hydrogens is 264 g/mol. The maximum atomic E-state index is 10.5. The molecule has 0 unspecified atom stereocenters. The standard InChI is InChI=1S/C18H20O3/c19-15-11-14(12-7-3-1-4-8-12)17(20)18(21)16(15)13-9-5-2-6-10-13/h1-10,14-21H,11H2/t14-,15-,16+,17-,18+/m1/s1. The van der Waals surface area contributed by atoms with E-state index < -0.39 is 24.2 Å². The quantitative estimate of drug-likeness (QED) is 0.791. The number of benzene rings is 2. The van der Waals surface area contributed by atoms with E-state index in [2.05, 4.69) is 0 Å². The Balaban J connectivity index is 1.88. The Kier molecular flexibility index (Phi) is 4.06. The summed E-state index contributed by atoms with van der Waals surface area (Å²) in [5, 5.41) is 31.4. The first-order chi connectivity index (χ1) is 10.2. The third kappa shape index (κ3) is 2.72. The summed E-state index contributed by atoms with van der Waals surface area (Å²) in [4.78, 5) is 0. The Morgan fingerprint density at radius 1 is 0.667 bits per heavy atom. The summed E-state index contributed by atoms with van der Waals surface area (Å²) in [6, 6.07) is 19.0. The van der Waals surface area contributed by atoms with Crippen molar-refractivity contribution in [3.63, 3.8) is 0 Å². The van der Waals surface area contributed by atoms with Crippen molar-refractivity contribution in [2.45, 2.75) is 36.6 Å².